The predicted octanol–water partition coefficient (Wildman–Crippen LogP) is 2.68. The average Bonchev–Trinajstić information content (AvgIpc) is 3.18. The molecule has 2 aliphatic heterocycles. The van der Waals surface area contributed by atoms with Crippen molar-refractivity contribution in [3.8, 4) is 0 Å². The van der Waals surface area contributed by atoms with Crippen molar-refractivity contribution in [2.24, 2.45) is 0 Å². The second-order valence-corrected chi connectivity index (χ2v) is 9.88. The van der Waals surface area contributed by atoms with Crippen LogP contribution in [0.4, 0.5) is 10.5 Å². The molecule has 2 amide bonds. The molecule has 2 saturated heterocycles. The Kier molecular flexibility index (Phi) is 6.30. The van der Waals surface area contributed by atoms with E-state index in [1.54, 1.807) is 6.07 Å². The summed E-state index contributed by atoms with van der Waals surface area (Å²) in [5.74, 6) is 0. The highest BCUT2D eigenvalue weighted by Gasteiger charge is 2.29. The molecule has 2 heterocycles. The zero-order chi connectivity index (χ0) is 19.6. The van der Waals surface area contributed by atoms with Gasteiger partial charge < -0.3 is 10.2 Å². The molecule has 2 aliphatic rings. The van der Waals surface area contributed by atoms with Gasteiger partial charge in [0.2, 0.25) is 10.0 Å². The minimum absolute atomic E-state index is 0.0134. The second kappa shape index (κ2) is 8.34. The monoisotopic (exact) mass is 414 g/mol. The number of benzene rings is 1. The van der Waals surface area contributed by atoms with Gasteiger partial charge in [-0.1, -0.05) is 11.6 Å². The largest absolute Gasteiger partial charge is 0.323 e. The number of nitrogens with one attached hydrogen (secondary N) is 1. The fourth-order valence-corrected chi connectivity index (χ4v) is 5.12. The smallest absolute Gasteiger partial charge is 0.321 e. The standard InChI is InChI=1S/C18H27ClN4O3S/c1-21(2)27(25,26)17-12-14(7-8-16(17)19)20-18(24)23-11-5-6-15(13-23)22-9-3-4-10-22/h7-8,12,15H,3-6,9-11,13H2,1-2H3,(H,20,24). The fourth-order valence-electron chi connectivity index (χ4n) is 3.72. The maximum atomic E-state index is 12.7. The van der Waals surface area contributed by atoms with Gasteiger partial charge in [-0.15, -0.1) is 0 Å². The molecule has 0 bridgehead atoms. The van der Waals surface area contributed by atoms with Crippen LogP contribution in [-0.4, -0.2) is 74.9 Å². The quantitative estimate of drug-likeness (QED) is 0.822. The molecular formula is C18H27ClN4O3S. The van der Waals surface area contributed by atoms with Crippen LogP contribution in [0.5, 0.6) is 0 Å². The Morgan fingerprint density at radius 1 is 1.19 bits per heavy atom. The molecule has 1 aromatic carbocycles. The van der Waals surface area contributed by atoms with Gasteiger partial charge in [-0.2, -0.15) is 0 Å². The van der Waals surface area contributed by atoms with Crippen molar-refractivity contribution in [3.05, 3.63) is 23.2 Å². The summed E-state index contributed by atoms with van der Waals surface area (Å²) in [5, 5.41) is 2.96. The van der Waals surface area contributed by atoms with Crippen LogP contribution in [0, 0.1) is 0 Å². The summed E-state index contributed by atoms with van der Waals surface area (Å²) in [6.07, 6.45) is 4.57. The summed E-state index contributed by atoms with van der Waals surface area (Å²) in [5.41, 5.74) is 0.424. The molecule has 7 nitrogen and oxygen atoms in total. The highest BCUT2D eigenvalue weighted by molar-refractivity contribution is 7.89. The molecule has 1 aromatic rings. The summed E-state index contributed by atoms with van der Waals surface area (Å²) in [6, 6.07) is 4.75. The number of sulfonamides is 1. The maximum absolute atomic E-state index is 12.7. The van der Waals surface area contributed by atoms with Crippen molar-refractivity contribution < 1.29 is 13.2 Å². The number of piperidine rings is 1. The van der Waals surface area contributed by atoms with E-state index in [1.165, 1.54) is 39.1 Å². The zero-order valence-corrected chi connectivity index (χ0v) is 17.4. The Bertz CT molecular complexity index is 794. The van der Waals surface area contributed by atoms with Crippen LogP contribution < -0.4 is 5.32 Å². The summed E-state index contributed by atoms with van der Waals surface area (Å²) >= 11 is 6.07. The topological polar surface area (TPSA) is 73.0 Å². The van der Waals surface area contributed by atoms with Crippen molar-refractivity contribution in [1.82, 2.24) is 14.1 Å². The van der Waals surface area contributed by atoms with Crippen LogP contribution >= 0.6 is 11.6 Å². The van der Waals surface area contributed by atoms with E-state index in [4.69, 9.17) is 11.6 Å². The van der Waals surface area contributed by atoms with Crippen molar-refractivity contribution in [2.75, 3.05) is 45.6 Å². The van der Waals surface area contributed by atoms with Crippen LogP contribution in [0.1, 0.15) is 25.7 Å². The third-order valence-corrected chi connectivity index (χ3v) is 7.58. The SMILES string of the molecule is CN(C)S(=O)(=O)c1cc(NC(=O)N2CCCC(N3CCCC3)C2)ccc1Cl. The lowest BCUT2D eigenvalue weighted by atomic mass is 10.0. The summed E-state index contributed by atoms with van der Waals surface area (Å²) in [6.45, 7) is 3.65. The van der Waals surface area contributed by atoms with E-state index in [0.717, 1.165) is 30.2 Å². The van der Waals surface area contributed by atoms with Gasteiger partial charge in [0.1, 0.15) is 4.90 Å². The third-order valence-electron chi connectivity index (χ3n) is 5.28. The molecule has 0 spiro atoms. The minimum Gasteiger partial charge on any atom is -0.323 e. The van der Waals surface area contributed by atoms with E-state index in [2.05, 4.69) is 10.2 Å². The Morgan fingerprint density at radius 3 is 2.56 bits per heavy atom. The number of amides is 2. The van der Waals surface area contributed by atoms with Crippen molar-refractivity contribution in [3.63, 3.8) is 0 Å². The van der Waals surface area contributed by atoms with Crippen molar-refractivity contribution in [1.29, 1.82) is 0 Å². The van der Waals surface area contributed by atoms with E-state index in [1.807, 2.05) is 4.90 Å². The van der Waals surface area contributed by atoms with Gasteiger partial charge in [-0.05, 0) is 57.0 Å². The normalized spacial score (nSPS) is 21.6. The second-order valence-electron chi connectivity index (χ2n) is 7.35. The first-order valence-electron chi connectivity index (χ1n) is 9.31. The van der Waals surface area contributed by atoms with Gasteiger partial charge >= 0.3 is 6.03 Å². The van der Waals surface area contributed by atoms with Gasteiger partial charge in [0.15, 0.2) is 0 Å². The van der Waals surface area contributed by atoms with Gasteiger partial charge in [-0.25, -0.2) is 17.5 Å². The lowest BCUT2D eigenvalue weighted by Crippen LogP contribution is -2.50. The summed E-state index contributed by atoms with van der Waals surface area (Å²) in [7, 11) is -0.786. The highest BCUT2D eigenvalue weighted by Crippen LogP contribution is 2.27. The first-order chi connectivity index (χ1) is 12.8. The van der Waals surface area contributed by atoms with Gasteiger partial charge in [0.05, 0.1) is 5.02 Å². The maximum Gasteiger partial charge on any atom is 0.321 e. The molecule has 1 unspecified atom stereocenters. The molecule has 0 aliphatic carbocycles. The highest BCUT2D eigenvalue weighted by atomic mass is 35.5. The van der Waals surface area contributed by atoms with Crippen LogP contribution in [0.3, 0.4) is 0 Å². The van der Waals surface area contributed by atoms with E-state index in [9.17, 15) is 13.2 Å². The summed E-state index contributed by atoms with van der Waals surface area (Å²) < 4.78 is 25.9. The van der Waals surface area contributed by atoms with E-state index >= 15 is 0 Å². The van der Waals surface area contributed by atoms with Crippen LogP contribution in [0.2, 0.25) is 5.02 Å². The van der Waals surface area contributed by atoms with E-state index < -0.39 is 10.0 Å². The van der Waals surface area contributed by atoms with Crippen molar-refractivity contribution in [2.45, 2.75) is 36.6 Å². The van der Waals surface area contributed by atoms with Crippen LogP contribution in [-0.2, 0) is 10.0 Å². The first-order valence-corrected chi connectivity index (χ1v) is 11.1. The Morgan fingerprint density at radius 2 is 1.89 bits per heavy atom. The Balaban J connectivity index is 1.70. The van der Waals surface area contributed by atoms with Gasteiger partial charge in [-0.3, -0.25) is 4.90 Å². The molecule has 1 atom stereocenters. The number of hydrogen-bond acceptors (Lipinski definition) is 4. The molecule has 0 saturated carbocycles. The lowest BCUT2D eigenvalue weighted by Gasteiger charge is -2.37. The predicted molar refractivity (Wildman–Crippen MR) is 107 cm³/mol. The number of anilines is 1. The molecule has 150 valence electrons. The number of carbonyl (C=O) groups excluding carboxylic acids is 1. The van der Waals surface area contributed by atoms with E-state index in [0.29, 0.717) is 24.8 Å². The summed E-state index contributed by atoms with van der Waals surface area (Å²) in [4.78, 5) is 17.0. The minimum atomic E-state index is -3.68. The number of carbonyl (C=O) groups is 1. The lowest BCUT2D eigenvalue weighted by molar-refractivity contribution is 0.132. The Hall–Kier alpha value is -1.35. The molecule has 27 heavy (non-hydrogen) atoms. The molecule has 9 heteroatoms. The Labute approximate surface area is 166 Å². The molecular weight excluding hydrogens is 388 g/mol. The van der Waals surface area contributed by atoms with E-state index in [-0.39, 0.29) is 15.9 Å². The van der Waals surface area contributed by atoms with Crippen molar-refractivity contribution >= 4 is 33.3 Å². The average molecular weight is 415 g/mol. The zero-order valence-electron chi connectivity index (χ0n) is 15.8. The molecule has 2 fully saturated rings. The third kappa shape index (κ3) is 4.56. The van der Waals surface area contributed by atoms with Gasteiger partial charge in [0, 0.05) is 38.9 Å². The first kappa shape index (κ1) is 20.4. The number of hydrogen-bond donors (Lipinski definition) is 1. The number of nitrogens with zero attached hydrogens (tertiary/aromatic N) is 3. The van der Waals surface area contributed by atoms with Crippen LogP contribution in [0.25, 0.3) is 0 Å². The molecule has 3 rings (SSSR count). The number of urea groups is 1. The van der Waals surface area contributed by atoms with Crippen LogP contribution in [0.15, 0.2) is 23.1 Å². The molecule has 1 N–H and O–H groups in total. The number of likely N-dealkylation sites (tertiary alicyclic amines) is 2. The molecule has 0 aromatic heterocycles. The molecule has 0 radical (unpaired) electrons. The van der Waals surface area contributed by atoms with Gasteiger partial charge in [0.25, 0.3) is 0 Å². The number of rotatable bonds is 4. The number of halogens is 1. The fraction of sp³-hybridized carbons (Fsp3) is 0.611.